The van der Waals surface area contributed by atoms with Gasteiger partial charge in [0.25, 0.3) is 0 Å². The summed E-state index contributed by atoms with van der Waals surface area (Å²) in [5, 5.41) is 13.5. The van der Waals surface area contributed by atoms with Crippen molar-refractivity contribution in [3.63, 3.8) is 0 Å². The normalized spacial score (nSPS) is 10.4. The fourth-order valence-electron chi connectivity index (χ4n) is 2.06. The Morgan fingerprint density at radius 2 is 1.75 bits per heavy atom. The summed E-state index contributed by atoms with van der Waals surface area (Å²) in [6.07, 6.45) is 4.66. The van der Waals surface area contributed by atoms with Crippen LogP contribution in [0.5, 0.6) is 0 Å². The van der Waals surface area contributed by atoms with Gasteiger partial charge in [0.05, 0.1) is 17.6 Å². The summed E-state index contributed by atoms with van der Waals surface area (Å²) < 4.78 is 1.61. The van der Waals surface area contributed by atoms with Gasteiger partial charge in [-0.2, -0.15) is 5.10 Å². The summed E-state index contributed by atoms with van der Waals surface area (Å²) in [5.41, 5.74) is 2.31. The molecule has 0 atom stereocenters. The highest BCUT2D eigenvalue weighted by molar-refractivity contribution is 5.95. The third-order valence-corrected chi connectivity index (χ3v) is 2.95. The van der Waals surface area contributed by atoms with E-state index in [9.17, 15) is 9.90 Å². The van der Waals surface area contributed by atoms with Gasteiger partial charge in [0.1, 0.15) is 5.56 Å². The number of rotatable bonds is 3. The molecule has 2 heterocycles. The van der Waals surface area contributed by atoms with E-state index >= 15 is 0 Å². The minimum atomic E-state index is -0.996. The van der Waals surface area contributed by atoms with Crippen molar-refractivity contribution in [2.45, 2.75) is 0 Å². The van der Waals surface area contributed by atoms with E-state index in [1.807, 2.05) is 30.3 Å². The average Bonchev–Trinajstić information content (AvgIpc) is 2.94. The molecule has 1 aromatic carbocycles. The van der Waals surface area contributed by atoms with Crippen molar-refractivity contribution in [1.82, 2.24) is 14.8 Å². The third-order valence-electron chi connectivity index (χ3n) is 2.95. The van der Waals surface area contributed by atoms with Gasteiger partial charge in [0.15, 0.2) is 0 Å². The molecular weight excluding hydrogens is 254 g/mol. The van der Waals surface area contributed by atoms with Crippen LogP contribution in [-0.2, 0) is 0 Å². The van der Waals surface area contributed by atoms with Gasteiger partial charge in [0.2, 0.25) is 0 Å². The van der Waals surface area contributed by atoms with Crippen LogP contribution in [0.1, 0.15) is 10.4 Å². The quantitative estimate of drug-likeness (QED) is 0.790. The van der Waals surface area contributed by atoms with Crippen molar-refractivity contribution in [2.24, 2.45) is 0 Å². The lowest BCUT2D eigenvalue weighted by Gasteiger charge is -2.08. The predicted molar refractivity (Wildman–Crippen MR) is 73.8 cm³/mol. The van der Waals surface area contributed by atoms with Gasteiger partial charge in [-0.05, 0) is 12.1 Å². The molecule has 0 unspecified atom stereocenters. The first-order valence-electron chi connectivity index (χ1n) is 6.04. The maximum atomic E-state index is 11.4. The van der Waals surface area contributed by atoms with Crippen LogP contribution in [-0.4, -0.2) is 25.8 Å². The Labute approximate surface area is 115 Å². The maximum Gasteiger partial charge on any atom is 0.339 e. The first kappa shape index (κ1) is 12.1. The Bertz CT molecular complexity index is 736. The van der Waals surface area contributed by atoms with E-state index < -0.39 is 5.97 Å². The van der Waals surface area contributed by atoms with Crippen LogP contribution >= 0.6 is 0 Å². The lowest BCUT2D eigenvalue weighted by atomic mass is 10.1. The number of carbonyl (C=O) groups is 1. The Hall–Kier alpha value is -2.95. The van der Waals surface area contributed by atoms with E-state index in [4.69, 9.17) is 0 Å². The van der Waals surface area contributed by atoms with E-state index in [0.717, 1.165) is 11.3 Å². The third kappa shape index (κ3) is 2.05. The summed E-state index contributed by atoms with van der Waals surface area (Å²) >= 11 is 0. The number of aromatic carboxylic acids is 1. The largest absolute Gasteiger partial charge is 0.478 e. The highest BCUT2D eigenvalue weighted by Crippen LogP contribution is 2.26. The monoisotopic (exact) mass is 265 g/mol. The zero-order valence-electron chi connectivity index (χ0n) is 10.5. The first-order chi connectivity index (χ1) is 9.77. The van der Waals surface area contributed by atoms with Crippen LogP contribution in [0.15, 0.2) is 61.1 Å². The second kappa shape index (κ2) is 4.97. The molecule has 0 fully saturated rings. The molecule has 0 aliphatic heterocycles. The molecule has 98 valence electrons. The molecule has 0 aliphatic rings. The minimum absolute atomic E-state index is 0.174. The summed E-state index contributed by atoms with van der Waals surface area (Å²) in [6, 6.07) is 12.9. The Morgan fingerprint density at radius 1 is 1.05 bits per heavy atom. The first-order valence-corrected chi connectivity index (χ1v) is 6.04. The van der Waals surface area contributed by atoms with Gasteiger partial charge in [-0.25, -0.2) is 9.48 Å². The molecule has 5 heteroatoms. The van der Waals surface area contributed by atoms with Crippen LogP contribution in [0.25, 0.3) is 16.9 Å². The molecule has 2 aromatic heterocycles. The van der Waals surface area contributed by atoms with Crippen molar-refractivity contribution in [3.8, 4) is 16.9 Å². The summed E-state index contributed by atoms with van der Waals surface area (Å²) in [5.74, 6) is -0.996. The highest BCUT2D eigenvalue weighted by Gasteiger charge is 2.18. The number of carboxylic acid groups (broad SMARTS) is 1. The van der Waals surface area contributed by atoms with Gasteiger partial charge in [0, 0.05) is 18.0 Å². The van der Waals surface area contributed by atoms with E-state index in [-0.39, 0.29) is 5.56 Å². The van der Waals surface area contributed by atoms with Crippen LogP contribution in [0, 0.1) is 0 Å². The van der Waals surface area contributed by atoms with Gasteiger partial charge in [-0.15, -0.1) is 0 Å². The Kier molecular flexibility index (Phi) is 3.01. The summed E-state index contributed by atoms with van der Waals surface area (Å²) in [4.78, 5) is 15.3. The van der Waals surface area contributed by atoms with Crippen LogP contribution in [0.4, 0.5) is 0 Å². The van der Waals surface area contributed by atoms with Crippen molar-refractivity contribution in [1.29, 1.82) is 0 Å². The molecule has 1 N–H and O–H groups in total. The maximum absolute atomic E-state index is 11.4. The van der Waals surface area contributed by atoms with Crippen molar-refractivity contribution in [2.75, 3.05) is 0 Å². The van der Waals surface area contributed by atoms with Gasteiger partial charge < -0.3 is 5.11 Å². The van der Waals surface area contributed by atoms with Gasteiger partial charge >= 0.3 is 5.97 Å². The number of carboxylic acids is 1. The molecule has 3 rings (SSSR count). The number of hydrogen-bond acceptors (Lipinski definition) is 3. The summed E-state index contributed by atoms with van der Waals surface area (Å²) in [6.45, 7) is 0. The average molecular weight is 265 g/mol. The van der Waals surface area contributed by atoms with Crippen LogP contribution < -0.4 is 0 Å². The molecule has 0 spiro atoms. The highest BCUT2D eigenvalue weighted by atomic mass is 16.4. The fourth-order valence-corrected chi connectivity index (χ4v) is 2.06. The second-order valence-electron chi connectivity index (χ2n) is 4.20. The predicted octanol–water partition coefficient (Wildman–Crippen LogP) is 2.63. The molecule has 0 aliphatic carbocycles. The smallest absolute Gasteiger partial charge is 0.339 e. The van der Waals surface area contributed by atoms with E-state index in [2.05, 4.69) is 10.1 Å². The van der Waals surface area contributed by atoms with Crippen molar-refractivity contribution >= 4 is 5.97 Å². The number of nitrogens with zero attached hydrogens (tertiary/aromatic N) is 3. The minimum Gasteiger partial charge on any atom is -0.478 e. The molecular formula is C15H11N3O2. The second-order valence-corrected chi connectivity index (χ2v) is 4.20. The van der Waals surface area contributed by atoms with Crippen LogP contribution in [0.2, 0.25) is 0 Å². The van der Waals surface area contributed by atoms with Crippen LogP contribution in [0.3, 0.4) is 0 Å². The molecule has 20 heavy (non-hydrogen) atoms. The lowest BCUT2D eigenvalue weighted by Crippen LogP contribution is -2.02. The van der Waals surface area contributed by atoms with Gasteiger partial charge in [-0.3, -0.25) is 4.98 Å². The topological polar surface area (TPSA) is 68.0 Å². The molecule has 0 radical (unpaired) electrons. The molecule has 0 bridgehead atoms. The number of hydrogen-bond donors (Lipinski definition) is 1. The Morgan fingerprint density at radius 3 is 2.40 bits per heavy atom. The number of aromatic nitrogens is 3. The van der Waals surface area contributed by atoms with E-state index in [0.29, 0.717) is 5.69 Å². The van der Waals surface area contributed by atoms with Crippen molar-refractivity contribution in [3.05, 3.63) is 66.6 Å². The summed E-state index contributed by atoms with van der Waals surface area (Å²) in [7, 11) is 0. The molecule has 3 aromatic rings. The fraction of sp³-hybridized carbons (Fsp3) is 0. The Balaban J connectivity index is 2.25. The number of pyridine rings is 1. The van der Waals surface area contributed by atoms with E-state index in [1.165, 1.54) is 6.20 Å². The van der Waals surface area contributed by atoms with E-state index in [1.54, 1.807) is 29.2 Å². The standard InChI is InChI=1S/C15H11N3O2/c19-15(20)13-10-17-18(12-6-8-16-9-7-12)14(13)11-4-2-1-3-5-11/h1-10H,(H,19,20). The van der Waals surface area contributed by atoms with Crippen molar-refractivity contribution < 1.29 is 9.90 Å². The molecule has 0 saturated heterocycles. The zero-order chi connectivity index (χ0) is 13.9. The molecule has 5 nitrogen and oxygen atoms in total. The molecule has 0 saturated carbocycles. The molecule has 0 amide bonds. The number of benzene rings is 1. The SMILES string of the molecule is O=C(O)c1cnn(-c2ccncc2)c1-c1ccccc1. The van der Waals surface area contributed by atoms with Gasteiger partial charge in [-0.1, -0.05) is 30.3 Å². The zero-order valence-corrected chi connectivity index (χ0v) is 10.5. The lowest BCUT2D eigenvalue weighted by molar-refractivity contribution is 0.0697.